The number of methoxy groups -OCH3 is 1. The first-order valence-corrected chi connectivity index (χ1v) is 23.0. The average Bonchev–Trinajstić information content (AvgIpc) is 3.77. The zero-order chi connectivity index (χ0) is 50.4. The topological polar surface area (TPSA) is 178 Å². The van der Waals surface area contributed by atoms with Gasteiger partial charge < -0.3 is 38.6 Å². The quantitative estimate of drug-likeness (QED) is 0.127. The summed E-state index contributed by atoms with van der Waals surface area (Å²) >= 11 is 0. The van der Waals surface area contributed by atoms with Crippen molar-refractivity contribution in [1.29, 1.82) is 0 Å². The lowest BCUT2D eigenvalue weighted by Gasteiger charge is -2.22. The number of halogens is 2. The third-order valence-corrected chi connectivity index (χ3v) is 12.0. The van der Waals surface area contributed by atoms with Crippen LogP contribution >= 0.6 is 0 Å². The Morgan fingerprint density at radius 2 is 1.03 bits per heavy atom. The number of aromatic nitrogens is 2. The number of carbonyl (C=O) groups is 2. The van der Waals surface area contributed by atoms with E-state index in [1.165, 1.54) is 30.2 Å². The van der Waals surface area contributed by atoms with Crippen molar-refractivity contribution < 1.29 is 46.4 Å². The fourth-order valence-corrected chi connectivity index (χ4v) is 8.72. The first-order valence-electron chi connectivity index (χ1n) is 23.0. The van der Waals surface area contributed by atoms with E-state index in [1.807, 2.05) is 116 Å². The number of amides is 4. The van der Waals surface area contributed by atoms with Crippen molar-refractivity contribution in [1.82, 2.24) is 31.0 Å². The molecule has 0 radical (unpaired) electrons. The summed E-state index contributed by atoms with van der Waals surface area (Å²) in [5.74, 6) is 2.91. The maximum Gasteiger partial charge on any atom is 0.387 e. The van der Waals surface area contributed by atoms with Crippen LogP contribution in [0.3, 0.4) is 0 Å². The van der Waals surface area contributed by atoms with Gasteiger partial charge in [-0.15, -0.1) is 0 Å². The van der Waals surface area contributed by atoms with E-state index in [4.69, 9.17) is 33.5 Å². The Morgan fingerprint density at radius 3 is 1.39 bits per heavy atom. The number of nitrogens with one attached hydrogen (secondary N) is 2. The second kappa shape index (κ2) is 21.7. The number of urea groups is 2. The van der Waals surface area contributed by atoms with E-state index in [2.05, 4.69) is 25.7 Å². The van der Waals surface area contributed by atoms with Gasteiger partial charge in [0.1, 0.15) is 11.5 Å². The number of aryl methyl sites for hydroxylation is 4. The summed E-state index contributed by atoms with van der Waals surface area (Å²) in [5, 5.41) is 25.8. The number of nitrogens with zero attached hydrogens (tertiary/aromatic N) is 6. The van der Waals surface area contributed by atoms with Crippen LogP contribution in [0.15, 0.2) is 92.0 Å². The molecule has 0 aliphatic carbocycles. The van der Waals surface area contributed by atoms with Gasteiger partial charge in [0, 0.05) is 47.5 Å². The lowest BCUT2D eigenvalue weighted by atomic mass is 9.93. The van der Waals surface area contributed by atoms with Crippen LogP contribution in [0.4, 0.5) is 18.4 Å². The van der Waals surface area contributed by atoms with Gasteiger partial charge in [-0.05, 0) is 115 Å². The van der Waals surface area contributed by atoms with Gasteiger partial charge in [0.2, 0.25) is 0 Å². The molecule has 6 aromatic rings. The molecule has 8 rings (SSSR count). The number of carbonyl (C=O) groups excluding carboxylic acids is 2. The van der Waals surface area contributed by atoms with Crippen LogP contribution in [-0.4, -0.2) is 96.9 Å². The molecule has 2 aliphatic heterocycles. The van der Waals surface area contributed by atoms with Gasteiger partial charge in [-0.2, -0.15) is 19.0 Å². The number of alkyl halides is 2. The van der Waals surface area contributed by atoms with Crippen molar-refractivity contribution >= 4 is 23.5 Å². The van der Waals surface area contributed by atoms with Crippen LogP contribution < -0.4 is 29.6 Å². The lowest BCUT2D eigenvalue weighted by molar-refractivity contribution is -0.0512. The fourth-order valence-electron chi connectivity index (χ4n) is 8.72. The molecule has 4 aromatic carbocycles. The zero-order valence-corrected chi connectivity index (χ0v) is 41.2. The summed E-state index contributed by atoms with van der Waals surface area (Å²) < 4.78 is 58.5. The molecule has 0 saturated heterocycles. The van der Waals surface area contributed by atoms with E-state index in [0.717, 1.165) is 61.7 Å². The van der Waals surface area contributed by atoms with Crippen molar-refractivity contribution in [2.24, 2.45) is 10.2 Å². The number of hydrazone groups is 2. The summed E-state index contributed by atoms with van der Waals surface area (Å²) in [6, 6.07) is 21.7. The van der Waals surface area contributed by atoms with Crippen LogP contribution in [-0.2, 0) is 12.8 Å². The molecule has 0 saturated carbocycles. The number of benzene rings is 4. The van der Waals surface area contributed by atoms with Crippen molar-refractivity contribution in [3.63, 3.8) is 0 Å². The second-order valence-corrected chi connectivity index (χ2v) is 16.7. The van der Waals surface area contributed by atoms with E-state index in [-0.39, 0.29) is 35.6 Å². The molecule has 0 bridgehead atoms. The van der Waals surface area contributed by atoms with Crippen molar-refractivity contribution in [3.8, 4) is 45.3 Å². The fraction of sp³-hybridized carbons (Fsp3) is 0.346. The zero-order valence-electron chi connectivity index (χ0n) is 41.2. The Labute approximate surface area is 405 Å². The highest BCUT2D eigenvalue weighted by Gasteiger charge is 2.31. The molecule has 18 heteroatoms. The average molecular weight is 961 g/mol. The standard InChI is InChI=1S/C27H32N4O4.C25H26F2N4O4/c1-7-33-23-14-21-13-16(3)31(27(32)28-6)29-26(22(21)15-24(23)34-8-2)20-11-9-19(10-12-20)25-17(4)30-35-18(25)5;1-13-10-18-11-21(34-24(26)27)20(33-5)12-19(18)23(29-31(13)25(32)28-4)17-8-6-16(7-9-17)22-14(2)30-35-15(22)3/h9-12,14-16H,7-8,13H2,1-6H3,(H,28,32);6-9,11-13,24H,10H2,1-5H3,(H,28,32). The third kappa shape index (κ3) is 10.4. The smallest absolute Gasteiger partial charge is 0.387 e. The van der Waals surface area contributed by atoms with E-state index in [1.54, 1.807) is 13.1 Å². The predicted octanol–water partition coefficient (Wildman–Crippen LogP) is 10.0. The highest BCUT2D eigenvalue weighted by atomic mass is 19.3. The Bertz CT molecular complexity index is 2870. The molecule has 368 valence electrons. The predicted molar refractivity (Wildman–Crippen MR) is 261 cm³/mol. The van der Waals surface area contributed by atoms with E-state index >= 15 is 0 Å². The third-order valence-electron chi connectivity index (χ3n) is 12.0. The summed E-state index contributed by atoms with van der Waals surface area (Å²) in [7, 11) is 4.52. The molecule has 4 amide bonds. The number of fused-ring (bicyclic) bond motifs is 2. The van der Waals surface area contributed by atoms with Gasteiger partial charge in [0.15, 0.2) is 23.0 Å². The van der Waals surface area contributed by atoms with Gasteiger partial charge >= 0.3 is 18.7 Å². The van der Waals surface area contributed by atoms with E-state index in [0.29, 0.717) is 65.9 Å². The molecule has 2 N–H and O–H groups in total. The normalized spacial score (nSPS) is 15.3. The Balaban J connectivity index is 0.000000206. The Hall–Kier alpha value is -7.76. The van der Waals surface area contributed by atoms with Crippen LogP contribution in [0.5, 0.6) is 23.0 Å². The first-order chi connectivity index (χ1) is 33.6. The summed E-state index contributed by atoms with van der Waals surface area (Å²) in [4.78, 5) is 25.3. The molecule has 2 aliphatic rings. The van der Waals surface area contributed by atoms with Gasteiger partial charge in [0.25, 0.3) is 0 Å². The summed E-state index contributed by atoms with van der Waals surface area (Å²) in [5.41, 5.74) is 11.6. The maximum atomic E-state index is 13.0. The highest BCUT2D eigenvalue weighted by molar-refractivity contribution is 6.15. The highest BCUT2D eigenvalue weighted by Crippen LogP contribution is 2.38. The molecule has 70 heavy (non-hydrogen) atoms. The minimum Gasteiger partial charge on any atom is -0.493 e. The molecular weight excluding hydrogens is 903 g/mol. The number of rotatable bonds is 11. The number of ether oxygens (including phenoxy) is 4. The minimum atomic E-state index is -3.00. The molecule has 2 aromatic heterocycles. The summed E-state index contributed by atoms with van der Waals surface area (Å²) in [6.07, 6.45) is 0.996. The summed E-state index contributed by atoms with van der Waals surface area (Å²) in [6.45, 7) is 13.3. The molecule has 2 unspecified atom stereocenters. The molecule has 0 fully saturated rings. The molecule has 4 heterocycles. The SMILES string of the molecule is CCOc1cc2c(cc1OCC)C(c1ccc(-c3c(C)noc3C)cc1)=NN(C(=O)NC)C(C)C2.CNC(=O)N1N=C(c2ccc(-c3c(C)noc3C)cc2)c2cc(OC)c(OC(F)F)cc2CC1C. The Kier molecular flexibility index (Phi) is 15.5. The number of hydrogen-bond donors (Lipinski definition) is 2. The van der Waals surface area contributed by atoms with Gasteiger partial charge in [-0.1, -0.05) is 58.8 Å². The minimum absolute atomic E-state index is 0.0741. The number of hydrogen-bond acceptors (Lipinski definition) is 12. The van der Waals surface area contributed by atoms with Crippen molar-refractivity contribution in [3.05, 3.63) is 129 Å². The van der Waals surface area contributed by atoms with Crippen LogP contribution in [0.25, 0.3) is 22.3 Å². The van der Waals surface area contributed by atoms with Crippen LogP contribution in [0.2, 0.25) is 0 Å². The lowest BCUT2D eigenvalue weighted by Crippen LogP contribution is -2.41. The van der Waals surface area contributed by atoms with Crippen molar-refractivity contribution in [2.75, 3.05) is 34.4 Å². The van der Waals surface area contributed by atoms with E-state index < -0.39 is 6.61 Å². The monoisotopic (exact) mass is 960 g/mol. The van der Waals surface area contributed by atoms with Gasteiger partial charge in [-0.3, -0.25) is 0 Å². The largest absolute Gasteiger partial charge is 0.493 e. The van der Waals surface area contributed by atoms with Gasteiger partial charge in [-0.25, -0.2) is 19.6 Å². The molecule has 0 spiro atoms. The van der Waals surface area contributed by atoms with Crippen LogP contribution in [0.1, 0.15) is 84.0 Å². The maximum absolute atomic E-state index is 13.0. The molecular formula is C52H58F2N8O8. The Morgan fingerprint density at radius 1 is 0.643 bits per heavy atom. The van der Waals surface area contributed by atoms with Crippen LogP contribution in [0, 0.1) is 27.7 Å². The van der Waals surface area contributed by atoms with Gasteiger partial charge in [0.05, 0.1) is 55.2 Å². The molecule has 16 nitrogen and oxygen atoms in total. The van der Waals surface area contributed by atoms with Crippen molar-refractivity contribution in [2.45, 2.75) is 86.9 Å². The van der Waals surface area contributed by atoms with E-state index in [9.17, 15) is 18.4 Å². The molecule has 2 atom stereocenters. The first kappa shape index (κ1) is 50.1. The second-order valence-electron chi connectivity index (χ2n) is 16.7.